The third-order valence-corrected chi connectivity index (χ3v) is 5.83. The normalized spacial score (nSPS) is 36.5. The minimum atomic E-state index is 0.420. The lowest BCUT2D eigenvalue weighted by Crippen LogP contribution is -2.58. The molecular formula is C16H29NO. The van der Waals surface area contributed by atoms with Crippen molar-refractivity contribution in [3.8, 4) is 0 Å². The van der Waals surface area contributed by atoms with Gasteiger partial charge in [-0.1, -0.05) is 32.1 Å². The third kappa shape index (κ3) is 2.60. The van der Waals surface area contributed by atoms with Crippen LogP contribution in [0.25, 0.3) is 0 Å². The van der Waals surface area contributed by atoms with Crippen molar-refractivity contribution in [2.45, 2.75) is 57.8 Å². The van der Waals surface area contributed by atoms with Crippen molar-refractivity contribution >= 4 is 0 Å². The van der Waals surface area contributed by atoms with Crippen LogP contribution in [0.5, 0.6) is 0 Å². The first-order chi connectivity index (χ1) is 8.81. The van der Waals surface area contributed by atoms with E-state index < -0.39 is 0 Å². The fraction of sp³-hybridized carbons (Fsp3) is 1.00. The maximum absolute atomic E-state index is 9.49. The summed E-state index contributed by atoms with van der Waals surface area (Å²) in [6, 6.07) is 0. The quantitative estimate of drug-likeness (QED) is 0.833. The second kappa shape index (κ2) is 5.50. The molecule has 18 heavy (non-hydrogen) atoms. The molecule has 0 radical (unpaired) electrons. The summed E-state index contributed by atoms with van der Waals surface area (Å²) in [5.41, 5.74) is 0.724. The summed E-state index contributed by atoms with van der Waals surface area (Å²) in [5.74, 6) is 1.38. The van der Waals surface area contributed by atoms with Gasteiger partial charge < -0.3 is 10.0 Å². The molecule has 0 aromatic carbocycles. The molecule has 1 aliphatic heterocycles. The summed E-state index contributed by atoms with van der Waals surface area (Å²) in [4.78, 5) is 2.68. The van der Waals surface area contributed by atoms with Gasteiger partial charge in [0.15, 0.2) is 0 Å². The molecule has 1 saturated heterocycles. The van der Waals surface area contributed by atoms with Gasteiger partial charge in [-0.05, 0) is 42.9 Å². The van der Waals surface area contributed by atoms with Crippen LogP contribution < -0.4 is 0 Å². The van der Waals surface area contributed by atoms with Gasteiger partial charge >= 0.3 is 0 Å². The summed E-state index contributed by atoms with van der Waals surface area (Å²) >= 11 is 0. The molecule has 2 aliphatic carbocycles. The van der Waals surface area contributed by atoms with Crippen LogP contribution in [-0.2, 0) is 0 Å². The minimum Gasteiger partial charge on any atom is -0.396 e. The Labute approximate surface area is 112 Å². The van der Waals surface area contributed by atoms with E-state index in [0.717, 1.165) is 11.3 Å². The largest absolute Gasteiger partial charge is 0.396 e. The zero-order chi connectivity index (χ0) is 12.4. The Morgan fingerprint density at radius 2 is 1.56 bits per heavy atom. The Bertz CT molecular complexity index is 264. The van der Waals surface area contributed by atoms with Crippen molar-refractivity contribution in [1.82, 2.24) is 4.90 Å². The van der Waals surface area contributed by atoms with Crippen molar-refractivity contribution in [2.75, 3.05) is 26.2 Å². The molecule has 2 nitrogen and oxygen atoms in total. The van der Waals surface area contributed by atoms with Crippen LogP contribution in [-0.4, -0.2) is 36.2 Å². The minimum absolute atomic E-state index is 0.420. The Balaban J connectivity index is 1.46. The predicted octanol–water partition coefficient (Wildman–Crippen LogP) is 3.05. The second-order valence-electron chi connectivity index (χ2n) is 7.22. The molecule has 2 unspecified atom stereocenters. The van der Waals surface area contributed by atoms with Gasteiger partial charge in [0.2, 0.25) is 0 Å². The fourth-order valence-electron chi connectivity index (χ4n) is 4.75. The molecule has 2 heteroatoms. The second-order valence-corrected chi connectivity index (χ2v) is 7.22. The lowest BCUT2D eigenvalue weighted by atomic mass is 9.68. The highest BCUT2D eigenvalue weighted by Gasteiger charge is 2.44. The van der Waals surface area contributed by atoms with Gasteiger partial charge in [-0.2, -0.15) is 0 Å². The topological polar surface area (TPSA) is 23.5 Å². The van der Waals surface area contributed by atoms with E-state index in [-0.39, 0.29) is 0 Å². The molecule has 3 aliphatic rings. The standard InChI is InChI=1S/C16H29NO/c18-11-15-7-3-2-6-14(15)10-17-12-16(13-17)8-4-1-5-9-16/h14-15,18H,1-13H2. The van der Waals surface area contributed by atoms with E-state index in [9.17, 15) is 5.11 Å². The van der Waals surface area contributed by atoms with Crippen molar-refractivity contribution in [3.05, 3.63) is 0 Å². The highest BCUT2D eigenvalue weighted by molar-refractivity contribution is 4.97. The monoisotopic (exact) mass is 251 g/mol. The number of rotatable bonds is 3. The number of nitrogens with zero attached hydrogens (tertiary/aromatic N) is 1. The number of likely N-dealkylation sites (tertiary alicyclic amines) is 1. The Kier molecular flexibility index (Phi) is 3.95. The Morgan fingerprint density at radius 1 is 0.889 bits per heavy atom. The van der Waals surface area contributed by atoms with Gasteiger partial charge in [0.05, 0.1) is 0 Å². The molecule has 1 heterocycles. The van der Waals surface area contributed by atoms with Gasteiger partial charge in [0, 0.05) is 26.2 Å². The first-order valence-corrected chi connectivity index (χ1v) is 8.15. The molecule has 0 amide bonds. The van der Waals surface area contributed by atoms with E-state index in [1.54, 1.807) is 0 Å². The summed E-state index contributed by atoms with van der Waals surface area (Å²) in [6.45, 7) is 4.42. The van der Waals surface area contributed by atoms with Crippen molar-refractivity contribution in [2.24, 2.45) is 17.3 Å². The van der Waals surface area contributed by atoms with Crippen LogP contribution in [0.2, 0.25) is 0 Å². The van der Waals surface area contributed by atoms with Gasteiger partial charge in [0.1, 0.15) is 0 Å². The van der Waals surface area contributed by atoms with Crippen LogP contribution in [0.4, 0.5) is 0 Å². The van der Waals surface area contributed by atoms with Crippen LogP contribution >= 0.6 is 0 Å². The van der Waals surface area contributed by atoms with Crippen molar-refractivity contribution in [3.63, 3.8) is 0 Å². The molecule has 2 saturated carbocycles. The van der Waals surface area contributed by atoms with Crippen LogP contribution in [0.3, 0.4) is 0 Å². The average molecular weight is 251 g/mol. The van der Waals surface area contributed by atoms with Gasteiger partial charge in [0.25, 0.3) is 0 Å². The molecule has 3 fully saturated rings. The molecule has 0 aromatic heterocycles. The van der Waals surface area contributed by atoms with Crippen molar-refractivity contribution in [1.29, 1.82) is 0 Å². The molecule has 2 atom stereocenters. The summed E-state index contributed by atoms with van der Waals surface area (Å²) < 4.78 is 0. The molecule has 104 valence electrons. The average Bonchev–Trinajstić information content (AvgIpc) is 2.39. The maximum Gasteiger partial charge on any atom is 0.0462 e. The van der Waals surface area contributed by atoms with Crippen LogP contribution in [0.15, 0.2) is 0 Å². The fourth-order valence-corrected chi connectivity index (χ4v) is 4.75. The first kappa shape index (κ1) is 12.9. The smallest absolute Gasteiger partial charge is 0.0462 e. The highest BCUT2D eigenvalue weighted by atomic mass is 16.3. The van der Waals surface area contributed by atoms with Gasteiger partial charge in [-0.15, -0.1) is 0 Å². The van der Waals surface area contributed by atoms with Gasteiger partial charge in [-0.25, -0.2) is 0 Å². The first-order valence-electron chi connectivity index (χ1n) is 8.15. The maximum atomic E-state index is 9.49. The lowest BCUT2D eigenvalue weighted by Gasteiger charge is -2.54. The number of hydrogen-bond acceptors (Lipinski definition) is 2. The SMILES string of the molecule is OCC1CCCCC1CN1CC2(CCCCC2)C1. The number of hydrogen-bond donors (Lipinski definition) is 1. The van der Waals surface area contributed by atoms with E-state index in [2.05, 4.69) is 4.90 Å². The summed E-state index contributed by atoms with van der Waals surface area (Å²) in [6.07, 6.45) is 12.7. The Hall–Kier alpha value is -0.0800. The van der Waals surface area contributed by atoms with Crippen LogP contribution in [0, 0.1) is 17.3 Å². The molecule has 0 aromatic rings. The highest BCUT2D eigenvalue weighted by Crippen LogP contribution is 2.44. The molecule has 0 bridgehead atoms. The number of aliphatic hydroxyl groups excluding tert-OH is 1. The van der Waals surface area contributed by atoms with Crippen molar-refractivity contribution < 1.29 is 5.11 Å². The number of aliphatic hydroxyl groups is 1. The van der Waals surface area contributed by atoms with E-state index in [0.29, 0.717) is 12.5 Å². The molecular weight excluding hydrogens is 222 g/mol. The Morgan fingerprint density at radius 3 is 2.22 bits per heavy atom. The molecule has 1 N–H and O–H groups in total. The predicted molar refractivity (Wildman–Crippen MR) is 74.5 cm³/mol. The zero-order valence-electron chi connectivity index (χ0n) is 11.7. The zero-order valence-corrected chi connectivity index (χ0v) is 11.7. The van der Waals surface area contributed by atoms with Gasteiger partial charge in [-0.3, -0.25) is 0 Å². The molecule has 1 spiro atoms. The van der Waals surface area contributed by atoms with E-state index >= 15 is 0 Å². The third-order valence-electron chi connectivity index (χ3n) is 5.83. The van der Waals surface area contributed by atoms with E-state index in [1.165, 1.54) is 77.4 Å². The lowest BCUT2D eigenvalue weighted by molar-refractivity contribution is -0.0473. The summed E-state index contributed by atoms with van der Waals surface area (Å²) in [5, 5.41) is 9.49. The van der Waals surface area contributed by atoms with Crippen LogP contribution in [0.1, 0.15) is 57.8 Å². The van der Waals surface area contributed by atoms with E-state index in [1.807, 2.05) is 0 Å². The summed E-state index contributed by atoms with van der Waals surface area (Å²) in [7, 11) is 0. The van der Waals surface area contributed by atoms with E-state index in [4.69, 9.17) is 0 Å². The molecule has 3 rings (SSSR count).